The molecule has 0 fully saturated rings. The summed E-state index contributed by atoms with van der Waals surface area (Å²) < 4.78 is 0. The first-order valence-electron chi connectivity index (χ1n) is 7.15. The Morgan fingerprint density at radius 2 is 1.84 bits per heavy atom. The summed E-state index contributed by atoms with van der Waals surface area (Å²) in [6.45, 7) is 12.5. The summed E-state index contributed by atoms with van der Waals surface area (Å²) in [7, 11) is 4.30. The number of aldehydes is 1. The van der Waals surface area contributed by atoms with Crippen molar-refractivity contribution in [2.45, 2.75) is 20.3 Å². The fourth-order valence-electron chi connectivity index (χ4n) is 2.78. The third-order valence-electron chi connectivity index (χ3n) is 4.10. The third-order valence-corrected chi connectivity index (χ3v) is 4.10. The first kappa shape index (κ1) is 16.1. The van der Waals surface area contributed by atoms with Gasteiger partial charge in [0, 0.05) is 18.5 Å². The van der Waals surface area contributed by atoms with Gasteiger partial charge in [0.15, 0.2) is 0 Å². The molecule has 3 nitrogen and oxygen atoms in total. The average Bonchev–Trinajstić information content (AvgIpc) is 2.38. The average molecular weight is 264 g/mol. The monoisotopic (exact) mass is 264 g/mol. The molecule has 0 N–H and O–H groups in total. The fraction of sp³-hybridized carbons (Fsp3) is 0.688. The molecule has 1 aliphatic carbocycles. The highest BCUT2D eigenvalue weighted by Gasteiger charge is 2.34. The maximum absolute atomic E-state index is 11.0. The van der Waals surface area contributed by atoms with Crippen molar-refractivity contribution in [3.63, 3.8) is 0 Å². The number of hydrogen-bond donors (Lipinski definition) is 0. The zero-order chi connectivity index (χ0) is 14.5. The Morgan fingerprint density at radius 3 is 2.21 bits per heavy atom. The van der Waals surface area contributed by atoms with E-state index in [2.05, 4.69) is 50.4 Å². The molecule has 0 amide bonds. The summed E-state index contributed by atoms with van der Waals surface area (Å²) >= 11 is 0. The molecule has 0 bridgehead atoms. The summed E-state index contributed by atoms with van der Waals surface area (Å²) in [5.74, 6) is -0.0907. The van der Waals surface area contributed by atoms with E-state index < -0.39 is 0 Å². The molecule has 108 valence electrons. The SMILES string of the molecule is C=C1CC(CN(C)CC)(CN(C)CC)C=CC1C=O. The minimum Gasteiger partial charge on any atom is -0.306 e. The highest BCUT2D eigenvalue weighted by molar-refractivity contribution is 5.62. The number of nitrogens with zero attached hydrogens (tertiary/aromatic N) is 2. The van der Waals surface area contributed by atoms with Crippen molar-refractivity contribution in [1.82, 2.24) is 9.80 Å². The predicted octanol–water partition coefficient (Wildman–Crippen LogP) is 2.21. The van der Waals surface area contributed by atoms with Crippen LogP contribution in [0.3, 0.4) is 0 Å². The van der Waals surface area contributed by atoms with Crippen molar-refractivity contribution in [3.8, 4) is 0 Å². The Balaban J connectivity index is 2.93. The number of carbonyl (C=O) groups excluding carboxylic acids is 1. The molecule has 0 spiro atoms. The molecule has 1 atom stereocenters. The van der Waals surface area contributed by atoms with Gasteiger partial charge in [-0.2, -0.15) is 0 Å². The fourth-order valence-corrected chi connectivity index (χ4v) is 2.78. The maximum atomic E-state index is 11.0. The van der Waals surface area contributed by atoms with E-state index in [1.165, 1.54) is 0 Å². The van der Waals surface area contributed by atoms with Crippen LogP contribution in [0.25, 0.3) is 0 Å². The van der Waals surface area contributed by atoms with Crippen LogP contribution in [0.1, 0.15) is 20.3 Å². The Bertz CT molecular complexity index is 337. The Kier molecular flexibility index (Phi) is 5.95. The molecule has 0 saturated carbocycles. The lowest BCUT2D eigenvalue weighted by atomic mass is 9.73. The largest absolute Gasteiger partial charge is 0.306 e. The van der Waals surface area contributed by atoms with E-state index in [4.69, 9.17) is 0 Å². The summed E-state index contributed by atoms with van der Waals surface area (Å²) in [5, 5.41) is 0. The zero-order valence-electron chi connectivity index (χ0n) is 12.9. The van der Waals surface area contributed by atoms with Crippen LogP contribution in [0, 0.1) is 11.3 Å². The van der Waals surface area contributed by atoms with Crippen molar-refractivity contribution < 1.29 is 4.79 Å². The first-order valence-corrected chi connectivity index (χ1v) is 7.15. The minimum atomic E-state index is -0.0907. The lowest BCUT2D eigenvalue weighted by Crippen LogP contribution is -2.44. The van der Waals surface area contributed by atoms with Gasteiger partial charge in [-0.15, -0.1) is 0 Å². The van der Waals surface area contributed by atoms with Gasteiger partial charge in [0.05, 0.1) is 5.92 Å². The van der Waals surface area contributed by atoms with Crippen molar-refractivity contribution in [2.24, 2.45) is 11.3 Å². The van der Waals surface area contributed by atoms with Crippen molar-refractivity contribution in [3.05, 3.63) is 24.3 Å². The Labute approximate surface area is 118 Å². The molecular formula is C16H28N2O. The van der Waals surface area contributed by atoms with Gasteiger partial charge in [-0.25, -0.2) is 0 Å². The van der Waals surface area contributed by atoms with Crippen LogP contribution in [-0.4, -0.2) is 56.4 Å². The van der Waals surface area contributed by atoms with Gasteiger partial charge in [-0.05, 0) is 33.6 Å². The molecule has 1 unspecified atom stereocenters. The van der Waals surface area contributed by atoms with Crippen LogP contribution in [0.5, 0.6) is 0 Å². The number of allylic oxidation sites excluding steroid dienone is 2. The van der Waals surface area contributed by atoms with Gasteiger partial charge in [0.2, 0.25) is 0 Å². The molecule has 0 radical (unpaired) electrons. The van der Waals surface area contributed by atoms with Gasteiger partial charge in [-0.3, -0.25) is 0 Å². The van der Waals surface area contributed by atoms with Gasteiger partial charge >= 0.3 is 0 Å². The van der Waals surface area contributed by atoms with Crippen LogP contribution in [0.4, 0.5) is 0 Å². The normalized spacial score (nSPS) is 22.2. The molecule has 0 aliphatic heterocycles. The van der Waals surface area contributed by atoms with E-state index in [9.17, 15) is 4.79 Å². The van der Waals surface area contributed by atoms with E-state index in [-0.39, 0.29) is 11.3 Å². The molecule has 1 aliphatic rings. The maximum Gasteiger partial charge on any atom is 0.130 e. The molecule has 0 heterocycles. The van der Waals surface area contributed by atoms with Crippen LogP contribution in [0.15, 0.2) is 24.3 Å². The van der Waals surface area contributed by atoms with Crippen LogP contribution >= 0.6 is 0 Å². The Morgan fingerprint density at radius 1 is 1.32 bits per heavy atom. The second-order valence-corrected chi connectivity index (χ2v) is 5.88. The molecule has 19 heavy (non-hydrogen) atoms. The number of rotatable bonds is 7. The van der Waals surface area contributed by atoms with Crippen LogP contribution in [-0.2, 0) is 4.79 Å². The standard InChI is InChI=1S/C16H28N2O/c1-6-17(4)12-16(13-18(5)7-2)9-8-15(11-19)14(3)10-16/h8-9,11,15H,3,6-7,10,12-13H2,1-2,4-5H3. The lowest BCUT2D eigenvalue weighted by molar-refractivity contribution is -0.109. The second-order valence-electron chi connectivity index (χ2n) is 5.88. The van der Waals surface area contributed by atoms with Gasteiger partial charge in [0.1, 0.15) is 6.29 Å². The molecule has 0 aromatic heterocycles. The molecule has 0 aromatic rings. The summed E-state index contributed by atoms with van der Waals surface area (Å²) in [6.07, 6.45) is 6.18. The van der Waals surface area contributed by atoms with Gasteiger partial charge in [-0.1, -0.05) is 38.2 Å². The van der Waals surface area contributed by atoms with Crippen LogP contribution < -0.4 is 0 Å². The third kappa shape index (κ3) is 4.29. The highest BCUT2D eigenvalue weighted by atomic mass is 16.1. The van der Waals surface area contributed by atoms with E-state index in [1.807, 2.05) is 6.08 Å². The van der Waals surface area contributed by atoms with Crippen LogP contribution in [0.2, 0.25) is 0 Å². The van der Waals surface area contributed by atoms with E-state index in [0.717, 1.165) is 44.5 Å². The van der Waals surface area contributed by atoms with Crippen molar-refractivity contribution in [2.75, 3.05) is 40.3 Å². The Hall–Kier alpha value is -0.930. The summed E-state index contributed by atoms with van der Waals surface area (Å²) in [5.41, 5.74) is 1.14. The topological polar surface area (TPSA) is 23.6 Å². The quantitative estimate of drug-likeness (QED) is 0.520. The smallest absolute Gasteiger partial charge is 0.130 e. The zero-order valence-corrected chi connectivity index (χ0v) is 12.9. The lowest BCUT2D eigenvalue weighted by Gasteiger charge is -2.41. The van der Waals surface area contributed by atoms with Gasteiger partial charge in [0.25, 0.3) is 0 Å². The predicted molar refractivity (Wildman–Crippen MR) is 81.2 cm³/mol. The van der Waals surface area contributed by atoms with Crippen molar-refractivity contribution in [1.29, 1.82) is 0 Å². The highest BCUT2D eigenvalue weighted by Crippen LogP contribution is 2.37. The molecule has 1 rings (SSSR count). The molecule has 0 saturated heterocycles. The van der Waals surface area contributed by atoms with E-state index in [1.54, 1.807) is 0 Å². The summed E-state index contributed by atoms with van der Waals surface area (Å²) in [4.78, 5) is 15.7. The summed E-state index contributed by atoms with van der Waals surface area (Å²) in [6, 6.07) is 0. The van der Waals surface area contributed by atoms with E-state index >= 15 is 0 Å². The molecule has 0 aromatic carbocycles. The second kappa shape index (κ2) is 7.01. The molecule has 3 heteroatoms. The minimum absolute atomic E-state index is 0.0894. The molecular weight excluding hydrogens is 236 g/mol. The first-order chi connectivity index (χ1) is 8.96. The van der Waals surface area contributed by atoms with Gasteiger partial charge < -0.3 is 14.6 Å². The number of hydrogen-bond acceptors (Lipinski definition) is 3. The van der Waals surface area contributed by atoms with Crippen molar-refractivity contribution >= 4 is 6.29 Å². The number of carbonyl (C=O) groups is 1. The van der Waals surface area contributed by atoms with E-state index in [0.29, 0.717) is 0 Å².